The van der Waals surface area contributed by atoms with Crippen molar-refractivity contribution in [3.05, 3.63) is 33.4 Å². The maximum atomic E-state index is 12.1. The largest absolute Gasteiger partial charge is 0.354 e. The van der Waals surface area contributed by atoms with E-state index < -0.39 is 0 Å². The molecule has 0 radical (unpaired) electrons. The number of thiazole rings is 1. The van der Waals surface area contributed by atoms with Crippen LogP contribution in [0, 0.1) is 12.8 Å². The fourth-order valence-electron chi connectivity index (χ4n) is 3.36. The number of carbonyl (C=O) groups is 1. The summed E-state index contributed by atoms with van der Waals surface area (Å²) >= 11 is 1.39. The number of amides is 1. The van der Waals surface area contributed by atoms with Gasteiger partial charge in [-0.2, -0.15) is 5.10 Å². The molecule has 1 aliphatic carbocycles. The van der Waals surface area contributed by atoms with Gasteiger partial charge in [-0.3, -0.25) is 4.79 Å². The van der Waals surface area contributed by atoms with Crippen LogP contribution in [0.4, 0.5) is 5.82 Å². The lowest BCUT2D eigenvalue weighted by atomic mass is 9.95. The third kappa shape index (κ3) is 3.00. The summed E-state index contributed by atoms with van der Waals surface area (Å²) < 4.78 is 0. The smallest absolute Gasteiger partial charge is 0.263 e. The van der Waals surface area contributed by atoms with Crippen LogP contribution in [0.5, 0.6) is 0 Å². The molecule has 126 valence electrons. The van der Waals surface area contributed by atoms with E-state index in [9.17, 15) is 4.79 Å². The number of hydrogen-bond acceptors (Lipinski definition) is 6. The summed E-state index contributed by atoms with van der Waals surface area (Å²) in [5, 5.41) is 11.8. The highest BCUT2D eigenvalue weighted by Crippen LogP contribution is 2.26. The minimum atomic E-state index is -0.0120. The van der Waals surface area contributed by atoms with Crippen LogP contribution in [0.2, 0.25) is 0 Å². The molecule has 0 atom stereocenters. The van der Waals surface area contributed by atoms with E-state index in [2.05, 4.69) is 31.5 Å². The maximum Gasteiger partial charge on any atom is 0.263 e. The molecule has 2 aliphatic rings. The fourth-order valence-corrected chi connectivity index (χ4v) is 4.08. The van der Waals surface area contributed by atoms with Crippen molar-refractivity contribution in [1.29, 1.82) is 0 Å². The second-order valence-corrected chi connectivity index (χ2v) is 7.48. The Morgan fingerprint density at radius 2 is 2.17 bits per heavy atom. The number of nitrogens with zero attached hydrogens (tertiary/aromatic N) is 4. The lowest BCUT2D eigenvalue weighted by Crippen LogP contribution is -2.52. The third-order valence-corrected chi connectivity index (χ3v) is 5.77. The Balaban J connectivity index is 1.29. The Labute approximate surface area is 145 Å². The summed E-state index contributed by atoms with van der Waals surface area (Å²) in [5.41, 5.74) is 5.05. The zero-order valence-corrected chi connectivity index (χ0v) is 14.6. The maximum absolute atomic E-state index is 12.1. The average molecular weight is 343 g/mol. The summed E-state index contributed by atoms with van der Waals surface area (Å²) in [7, 11) is 0. The molecule has 1 aliphatic heterocycles. The lowest BCUT2D eigenvalue weighted by Gasteiger charge is -2.40. The van der Waals surface area contributed by atoms with Crippen molar-refractivity contribution in [1.82, 2.24) is 20.5 Å². The van der Waals surface area contributed by atoms with E-state index >= 15 is 0 Å². The van der Waals surface area contributed by atoms with Crippen molar-refractivity contribution < 1.29 is 4.79 Å². The summed E-state index contributed by atoms with van der Waals surface area (Å²) in [5.74, 6) is 1.44. The predicted octanol–water partition coefficient (Wildman–Crippen LogP) is 1.99. The van der Waals surface area contributed by atoms with Crippen LogP contribution in [0.3, 0.4) is 0 Å². The topological polar surface area (TPSA) is 71.0 Å². The summed E-state index contributed by atoms with van der Waals surface area (Å²) in [6.45, 7) is 4.42. The zero-order valence-electron chi connectivity index (χ0n) is 13.8. The Hall–Kier alpha value is -2.02. The van der Waals surface area contributed by atoms with Crippen molar-refractivity contribution >= 4 is 23.1 Å². The number of hydrogen-bond donors (Lipinski definition) is 1. The number of rotatable bonds is 4. The van der Waals surface area contributed by atoms with Gasteiger partial charge in [0.2, 0.25) is 0 Å². The SMILES string of the molecule is Cc1ncsc1C(=O)NCC1CN(c2cc3c(nn2)CCCC3)C1. The van der Waals surface area contributed by atoms with Crippen LogP contribution in [-0.4, -0.2) is 40.7 Å². The van der Waals surface area contributed by atoms with E-state index in [1.807, 2.05) is 6.92 Å². The minimum absolute atomic E-state index is 0.0120. The van der Waals surface area contributed by atoms with Crippen molar-refractivity contribution in [3.8, 4) is 0 Å². The third-order valence-electron chi connectivity index (χ3n) is 4.84. The van der Waals surface area contributed by atoms with Gasteiger partial charge in [-0.1, -0.05) is 0 Å². The Morgan fingerprint density at radius 1 is 1.33 bits per heavy atom. The first-order valence-corrected chi connectivity index (χ1v) is 9.37. The van der Waals surface area contributed by atoms with Crippen LogP contribution in [-0.2, 0) is 12.8 Å². The Bertz CT molecular complexity index is 753. The number of aromatic nitrogens is 3. The molecule has 1 amide bonds. The molecule has 2 aromatic heterocycles. The highest BCUT2D eigenvalue weighted by Gasteiger charge is 2.29. The van der Waals surface area contributed by atoms with Gasteiger partial charge in [0.05, 0.1) is 16.9 Å². The molecule has 24 heavy (non-hydrogen) atoms. The Morgan fingerprint density at radius 3 is 2.96 bits per heavy atom. The van der Waals surface area contributed by atoms with Gasteiger partial charge >= 0.3 is 0 Å². The van der Waals surface area contributed by atoms with E-state index in [1.54, 1.807) is 5.51 Å². The van der Waals surface area contributed by atoms with Gasteiger partial charge in [-0.05, 0) is 44.2 Å². The average Bonchev–Trinajstić information content (AvgIpc) is 2.99. The number of carbonyl (C=O) groups excluding carboxylic acids is 1. The first kappa shape index (κ1) is 15.5. The molecular formula is C17H21N5OS. The molecule has 3 heterocycles. The standard InChI is InChI=1S/C17H21N5OS/c1-11-16(24-10-19-11)17(23)18-7-12-8-22(9-12)15-6-13-4-2-3-5-14(13)20-21-15/h6,10,12H,2-5,7-9H2,1H3,(H,18,23). The van der Waals surface area contributed by atoms with Gasteiger partial charge < -0.3 is 10.2 Å². The molecule has 6 nitrogen and oxygen atoms in total. The van der Waals surface area contributed by atoms with Crippen molar-refractivity contribution in [3.63, 3.8) is 0 Å². The molecule has 0 bridgehead atoms. The molecule has 7 heteroatoms. The fraction of sp³-hybridized carbons (Fsp3) is 0.529. The number of anilines is 1. The van der Waals surface area contributed by atoms with E-state index in [1.165, 1.54) is 35.4 Å². The molecule has 0 unspecified atom stereocenters. The van der Waals surface area contributed by atoms with Crippen LogP contribution in [0.1, 0.15) is 39.5 Å². The summed E-state index contributed by atoms with van der Waals surface area (Å²) in [4.78, 5) is 19.2. The van der Waals surface area contributed by atoms with Crippen molar-refractivity contribution in [2.45, 2.75) is 32.6 Å². The van der Waals surface area contributed by atoms with Crippen LogP contribution >= 0.6 is 11.3 Å². The molecule has 0 aromatic carbocycles. The van der Waals surface area contributed by atoms with Crippen molar-refractivity contribution in [2.24, 2.45) is 5.92 Å². The van der Waals surface area contributed by atoms with E-state index in [0.29, 0.717) is 17.3 Å². The molecule has 4 rings (SSSR count). The second-order valence-electron chi connectivity index (χ2n) is 6.63. The van der Waals surface area contributed by atoms with Crippen molar-refractivity contribution in [2.75, 3.05) is 24.5 Å². The van der Waals surface area contributed by atoms with Gasteiger partial charge in [0, 0.05) is 25.6 Å². The molecule has 1 saturated heterocycles. The van der Waals surface area contributed by atoms with Gasteiger partial charge in [-0.15, -0.1) is 16.4 Å². The van der Waals surface area contributed by atoms with E-state index in [4.69, 9.17) is 0 Å². The zero-order chi connectivity index (χ0) is 16.5. The lowest BCUT2D eigenvalue weighted by molar-refractivity contribution is 0.0948. The monoisotopic (exact) mass is 343 g/mol. The van der Waals surface area contributed by atoms with Gasteiger partial charge in [0.15, 0.2) is 5.82 Å². The predicted molar refractivity (Wildman–Crippen MR) is 93.6 cm³/mol. The van der Waals surface area contributed by atoms with Gasteiger partial charge in [0.1, 0.15) is 4.88 Å². The summed E-state index contributed by atoms with van der Waals surface area (Å²) in [6.07, 6.45) is 4.67. The number of nitrogens with one attached hydrogen (secondary N) is 1. The summed E-state index contributed by atoms with van der Waals surface area (Å²) in [6, 6.07) is 2.21. The Kier molecular flexibility index (Phi) is 4.18. The van der Waals surface area contributed by atoms with E-state index in [-0.39, 0.29) is 5.91 Å². The van der Waals surface area contributed by atoms with Gasteiger partial charge in [-0.25, -0.2) is 4.98 Å². The first-order valence-electron chi connectivity index (χ1n) is 8.49. The quantitative estimate of drug-likeness (QED) is 0.919. The normalized spacial score (nSPS) is 17.3. The number of fused-ring (bicyclic) bond motifs is 1. The molecule has 0 saturated carbocycles. The van der Waals surface area contributed by atoms with E-state index in [0.717, 1.165) is 37.4 Å². The van der Waals surface area contributed by atoms with Crippen LogP contribution in [0.25, 0.3) is 0 Å². The molecule has 0 spiro atoms. The minimum Gasteiger partial charge on any atom is -0.354 e. The first-order chi connectivity index (χ1) is 11.7. The highest BCUT2D eigenvalue weighted by atomic mass is 32.1. The second kappa shape index (κ2) is 6.47. The van der Waals surface area contributed by atoms with Gasteiger partial charge in [0.25, 0.3) is 5.91 Å². The van der Waals surface area contributed by atoms with Crippen LogP contribution < -0.4 is 10.2 Å². The molecule has 2 aromatic rings. The molecule has 1 N–H and O–H groups in total. The molecular weight excluding hydrogens is 322 g/mol. The molecule has 1 fully saturated rings. The number of aryl methyl sites for hydroxylation is 3. The van der Waals surface area contributed by atoms with Crippen LogP contribution in [0.15, 0.2) is 11.6 Å². The highest BCUT2D eigenvalue weighted by molar-refractivity contribution is 7.11.